The van der Waals surface area contributed by atoms with Gasteiger partial charge in [0.25, 0.3) is 0 Å². The molecule has 1 aromatic rings. The number of benzene rings is 1. The topological polar surface area (TPSA) is 12.0 Å². The van der Waals surface area contributed by atoms with Crippen LogP contribution in [0.3, 0.4) is 0 Å². The zero-order valence-electron chi connectivity index (χ0n) is 8.50. The molecule has 1 saturated heterocycles. The van der Waals surface area contributed by atoms with E-state index in [0.717, 1.165) is 13.1 Å². The molecule has 1 atom stereocenters. The highest BCUT2D eigenvalue weighted by Crippen LogP contribution is 2.57. The molecule has 1 aromatic carbocycles. The number of rotatable bonds is 1. The Balaban J connectivity index is 0.000000853. The van der Waals surface area contributed by atoms with Gasteiger partial charge in [-0.05, 0) is 36.0 Å². The van der Waals surface area contributed by atoms with Crippen LogP contribution in [0.2, 0.25) is 0 Å². The lowest BCUT2D eigenvalue weighted by molar-refractivity contribution is 0.501. The molecule has 1 spiro atoms. The highest BCUT2D eigenvalue weighted by atomic mass is 35.5. The van der Waals surface area contributed by atoms with Gasteiger partial charge in [0, 0.05) is 19.0 Å². The Hall–Kier alpha value is -0.600. The minimum absolute atomic E-state index is 0. The lowest BCUT2D eigenvalue weighted by Gasteiger charge is -2.17. The summed E-state index contributed by atoms with van der Waals surface area (Å²) in [7, 11) is 0. The van der Waals surface area contributed by atoms with Crippen molar-refractivity contribution in [3.63, 3.8) is 0 Å². The number of halogens is 2. The highest BCUT2D eigenvalue weighted by Gasteiger charge is 2.52. The molecule has 1 N–H and O–H groups in total. The molecule has 15 heavy (non-hydrogen) atoms. The summed E-state index contributed by atoms with van der Waals surface area (Å²) in [5.74, 6) is 0.479. The predicted molar refractivity (Wildman–Crippen MR) is 60.9 cm³/mol. The monoisotopic (exact) mass is 227 g/mol. The van der Waals surface area contributed by atoms with E-state index in [1.165, 1.54) is 18.4 Å². The Morgan fingerprint density at radius 2 is 1.87 bits per heavy atom. The van der Waals surface area contributed by atoms with Crippen LogP contribution >= 0.6 is 12.4 Å². The van der Waals surface area contributed by atoms with Crippen LogP contribution in [0.4, 0.5) is 4.39 Å². The second-order valence-corrected chi connectivity index (χ2v) is 4.60. The van der Waals surface area contributed by atoms with Gasteiger partial charge in [0.2, 0.25) is 0 Å². The largest absolute Gasteiger partial charge is 0.316 e. The zero-order valence-corrected chi connectivity index (χ0v) is 9.32. The van der Waals surface area contributed by atoms with Crippen molar-refractivity contribution >= 4 is 12.4 Å². The molecule has 1 heterocycles. The van der Waals surface area contributed by atoms with Crippen LogP contribution in [0, 0.1) is 11.2 Å². The van der Waals surface area contributed by atoms with Gasteiger partial charge in [0.05, 0.1) is 0 Å². The maximum absolute atomic E-state index is 12.8. The van der Waals surface area contributed by atoms with Crippen molar-refractivity contribution in [1.82, 2.24) is 5.32 Å². The van der Waals surface area contributed by atoms with Gasteiger partial charge in [-0.1, -0.05) is 12.1 Å². The molecule has 2 aliphatic rings. The lowest BCUT2D eigenvalue weighted by Crippen LogP contribution is -2.11. The summed E-state index contributed by atoms with van der Waals surface area (Å²) in [6.45, 7) is 2.21. The second-order valence-electron chi connectivity index (χ2n) is 4.60. The average molecular weight is 228 g/mol. The highest BCUT2D eigenvalue weighted by molar-refractivity contribution is 5.85. The van der Waals surface area contributed by atoms with Gasteiger partial charge in [-0.25, -0.2) is 4.39 Å². The van der Waals surface area contributed by atoms with Gasteiger partial charge >= 0.3 is 0 Å². The van der Waals surface area contributed by atoms with Gasteiger partial charge in [0.15, 0.2) is 0 Å². The van der Waals surface area contributed by atoms with Crippen molar-refractivity contribution in [3.05, 3.63) is 35.6 Å². The van der Waals surface area contributed by atoms with Crippen LogP contribution in [0.25, 0.3) is 0 Å². The summed E-state index contributed by atoms with van der Waals surface area (Å²) in [6.07, 6.45) is 2.67. The standard InChI is InChI=1S/C12H14FN.ClH/c13-10-3-1-9(2-4-10)11-7-14-8-12(11)5-6-12;/h1-4,11,14H,5-8H2;1H. The Labute approximate surface area is 95.5 Å². The summed E-state index contributed by atoms with van der Waals surface area (Å²) in [6, 6.07) is 7.02. The summed E-state index contributed by atoms with van der Waals surface area (Å²) in [4.78, 5) is 0. The molecule has 1 saturated carbocycles. The van der Waals surface area contributed by atoms with E-state index < -0.39 is 0 Å². The minimum Gasteiger partial charge on any atom is -0.316 e. The van der Waals surface area contributed by atoms with E-state index in [1.54, 1.807) is 12.1 Å². The van der Waals surface area contributed by atoms with Crippen molar-refractivity contribution in [2.24, 2.45) is 5.41 Å². The summed E-state index contributed by atoms with van der Waals surface area (Å²) < 4.78 is 12.8. The van der Waals surface area contributed by atoms with Crippen molar-refractivity contribution in [2.45, 2.75) is 18.8 Å². The molecule has 1 aliphatic carbocycles. The van der Waals surface area contributed by atoms with E-state index in [0.29, 0.717) is 11.3 Å². The summed E-state index contributed by atoms with van der Waals surface area (Å²) in [5.41, 5.74) is 1.83. The fourth-order valence-electron chi connectivity index (χ4n) is 2.66. The molecule has 3 rings (SSSR count). The molecule has 1 nitrogen and oxygen atoms in total. The number of hydrogen-bond donors (Lipinski definition) is 1. The molecular weight excluding hydrogens is 213 g/mol. The molecule has 0 bridgehead atoms. The van der Waals surface area contributed by atoms with E-state index >= 15 is 0 Å². The number of nitrogens with one attached hydrogen (secondary N) is 1. The number of hydrogen-bond acceptors (Lipinski definition) is 1. The molecule has 3 heteroatoms. The van der Waals surface area contributed by atoms with Crippen molar-refractivity contribution in [1.29, 1.82) is 0 Å². The van der Waals surface area contributed by atoms with Gasteiger partial charge < -0.3 is 5.32 Å². The molecule has 0 aromatic heterocycles. The van der Waals surface area contributed by atoms with Crippen LogP contribution in [0.15, 0.2) is 24.3 Å². The molecule has 0 amide bonds. The molecule has 2 fully saturated rings. The first-order valence-electron chi connectivity index (χ1n) is 5.26. The molecule has 82 valence electrons. The summed E-state index contributed by atoms with van der Waals surface area (Å²) in [5, 5.41) is 3.44. The van der Waals surface area contributed by atoms with Crippen LogP contribution in [-0.4, -0.2) is 13.1 Å². The van der Waals surface area contributed by atoms with Crippen LogP contribution < -0.4 is 5.32 Å². The average Bonchev–Trinajstić information content (AvgIpc) is 2.82. The van der Waals surface area contributed by atoms with Crippen molar-refractivity contribution in [2.75, 3.05) is 13.1 Å². The molecule has 1 unspecified atom stereocenters. The first-order chi connectivity index (χ1) is 6.80. The molecule has 1 aliphatic heterocycles. The quantitative estimate of drug-likeness (QED) is 0.778. The van der Waals surface area contributed by atoms with E-state index in [9.17, 15) is 4.39 Å². The smallest absolute Gasteiger partial charge is 0.123 e. The first kappa shape index (κ1) is 10.9. The Morgan fingerprint density at radius 3 is 2.47 bits per heavy atom. The van der Waals surface area contributed by atoms with E-state index in [4.69, 9.17) is 0 Å². The van der Waals surface area contributed by atoms with E-state index in [-0.39, 0.29) is 18.2 Å². The lowest BCUT2D eigenvalue weighted by atomic mass is 9.86. The van der Waals surface area contributed by atoms with Crippen LogP contribution in [0.5, 0.6) is 0 Å². The Kier molecular flexibility index (Phi) is 2.73. The molecular formula is C12H15ClFN. The van der Waals surface area contributed by atoms with Gasteiger partial charge in [-0.2, -0.15) is 0 Å². The van der Waals surface area contributed by atoms with Crippen LogP contribution in [-0.2, 0) is 0 Å². The Bertz CT molecular complexity index is 345. The van der Waals surface area contributed by atoms with Gasteiger partial charge in [-0.15, -0.1) is 12.4 Å². The second kappa shape index (κ2) is 3.76. The van der Waals surface area contributed by atoms with Crippen molar-refractivity contribution in [3.8, 4) is 0 Å². The van der Waals surface area contributed by atoms with Gasteiger partial charge in [-0.3, -0.25) is 0 Å². The maximum Gasteiger partial charge on any atom is 0.123 e. The molecule has 0 radical (unpaired) electrons. The van der Waals surface area contributed by atoms with Crippen LogP contribution in [0.1, 0.15) is 24.3 Å². The van der Waals surface area contributed by atoms with E-state index in [1.807, 2.05) is 12.1 Å². The van der Waals surface area contributed by atoms with Gasteiger partial charge in [0.1, 0.15) is 5.82 Å². The maximum atomic E-state index is 12.8. The van der Waals surface area contributed by atoms with E-state index in [2.05, 4.69) is 5.32 Å². The fraction of sp³-hybridized carbons (Fsp3) is 0.500. The fourth-order valence-corrected chi connectivity index (χ4v) is 2.66. The third kappa shape index (κ3) is 1.77. The normalized spacial score (nSPS) is 26.3. The first-order valence-corrected chi connectivity index (χ1v) is 5.26. The minimum atomic E-state index is -0.135. The SMILES string of the molecule is Cl.Fc1ccc(C2CNCC23CC3)cc1. The summed E-state index contributed by atoms with van der Waals surface area (Å²) >= 11 is 0. The predicted octanol–water partition coefficient (Wildman–Crippen LogP) is 2.71. The van der Waals surface area contributed by atoms with Crippen molar-refractivity contribution < 1.29 is 4.39 Å². The third-order valence-corrected chi connectivity index (χ3v) is 3.73. The third-order valence-electron chi connectivity index (χ3n) is 3.73. The zero-order chi connectivity index (χ0) is 9.60. The Morgan fingerprint density at radius 1 is 1.20 bits per heavy atom.